The molecule has 0 bridgehead atoms. The van der Waals surface area contributed by atoms with E-state index in [1.54, 1.807) is 17.9 Å². The third-order valence-electron chi connectivity index (χ3n) is 3.78. The molecule has 118 valence electrons. The third-order valence-corrected chi connectivity index (χ3v) is 3.78. The van der Waals surface area contributed by atoms with Crippen molar-refractivity contribution < 1.29 is 14.5 Å². The number of nitrogens with one attached hydrogen (secondary N) is 1. The van der Waals surface area contributed by atoms with Gasteiger partial charge >= 0.3 is 0 Å². The average molecular weight is 305 g/mol. The summed E-state index contributed by atoms with van der Waals surface area (Å²) in [6.45, 7) is 2.16. The van der Waals surface area contributed by atoms with Gasteiger partial charge in [-0.2, -0.15) is 0 Å². The summed E-state index contributed by atoms with van der Waals surface area (Å²) in [7, 11) is 0. The maximum absolute atomic E-state index is 12.1. The molecule has 2 amide bonds. The molecule has 1 aromatic carbocycles. The van der Waals surface area contributed by atoms with Crippen LogP contribution in [0.4, 0.5) is 11.4 Å². The Bertz CT molecular complexity index is 600. The topological polar surface area (TPSA) is 92.6 Å². The molecule has 1 aliphatic rings. The molecular weight excluding hydrogens is 286 g/mol. The minimum absolute atomic E-state index is 0.0107. The highest BCUT2D eigenvalue weighted by atomic mass is 16.6. The fourth-order valence-corrected chi connectivity index (χ4v) is 2.53. The van der Waals surface area contributed by atoms with Gasteiger partial charge in [-0.05, 0) is 25.8 Å². The van der Waals surface area contributed by atoms with E-state index in [1.807, 2.05) is 0 Å². The summed E-state index contributed by atoms with van der Waals surface area (Å²) in [4.78, 5) is 35.9. The van der Waals surface area contributed by atoms with Crippen molar-refractivity contribution in [2.75, 3.05) is 18.4 Å². The fourth-order valence-electron chi connectivity index (χ4n) is 2.53. The van der Waals surface area contributed by atoms with Crippen LogP contribution in [-0.2, 0) is 9.59 Å². The fraction of sp³-hybridized carbons (Fsp3) is 0.467. The first kappa shape index (κ1) is 15.9. The Labute approximate surface area is 128 Å². The lowest BCUT2D eigenvalue weighted by atomic mass is 10.1. The van der Waals surface area contributed by atoms with Crippen LogP contribution in [-0.4, -0.2) is 34.7 Å². The molecule has 0 spiro atoms. The predicted octanol–water partition coefficient (Wildman–Crippen LogP) is 2.24. The number of anilines is 1. The highest BCUT2D eigenvalue weighted by Crippen LogP contribution is 2.25. The standard InChI is InChI=1S/C15H19N3O4/c1-11-12(6-5-7-13(11)18(21)22)16-14(19)10-17-9-4-2-3-8-15(17)20/h5-7H,2-4,8-10H2,1H3,(H,16,19). The van der Waals surface area contributed by atoms with E-state index in [1.165, 1.54) is 12.1 Å². The summed E-state index contributed by atoms with van der Waals surface area (Å²) < 4.78 is 0. The molecule has 1 heterocycles. The molecule has 1 aromatic rings. The smallest absolute Gasteiger partial charge is 0.274 e. The Morgan fingerprint density at radius 2 is 2.14 bits per heavy atom. The Hall–Kier alpha value is -2.44. The number of nitro groups is 1. The summed E-state index contributed by atoms with van der Waals surface area (Å²) >= 11 is 0. The van der Waals surface area contributed by atoms with Gasteiger partial charge in [0.05, 0.1) is 22.7 Å². The third kappa shape index (κ3) is 3.81. The van der Waals surface area contributed by atoms with Crippen molar-refractivity contribution in [2.45, 2.75) is 32.6 Å². The second kappa shape index (κ2) is 7.02. The quantitative estimate of drug-likeness (QED) is 0.682. The van der Waals surface area contributed by atoms with Crippen LogP contribution in [0.25, 0.3) is 0 Å². The molecule has 1 N–H and O–H groups in total. The van der Waals surface area contributed by atoms with Gasteiger partial charge in [-0.25, -0.2) is 0 Å². The van der Waals surface area contributed by atoms with Crippen molar-refractivity contribution in [3.8, 4) is 0 Å². The molecule has 0 saturated carbocycles. The predicted molar refractivity (Wildman–Crippen MR) is 81.5 cm³/mol. The van der Waals surface area contributed by atoms with E-state index in [9.17, 15) is 19.7 Å². The van der Waals surface area contributed by atoms with Crippen molar-refractivity contribution in [1.29, 1.82) is 0 Å². The average Bonchev–Trinajstić information content (AvgIpc) is 2.66. The number of carbonyl (C=O) groups is 2. The van der Waals surface area contributed by atoms with E-state index in [0.717, 1.165) is 19.3 Å². The van der Waals surface area contributed by atoms with Crippen LogP contribution in [0.1, 0.15) is 31.2 Å². The van der Waals surface area contributed by atoms with Gasteiger partial charge in [0.25, 0.3) is 5.69 Å². The Morgan fingerprint density at radius 3 is 2.86 bits per heavy atom. The van der Waals surface area contributed by atoms with Crippen LogP contribution >= 0.6 is 0 Å². The van der Waals surface area contributed by atoms with Gasteiger partial charge in [-0.15, -0.1) is 0 Å². The SMILES string of the molecule is Cc1c(NC(=O)CN2CCCCCC2=O)cccc1[N+](=O)[O-]. The molecule has 1 aliphatic heterocycles. The molecule has 2 rings (SSSR count). The van der Waals surface area contributed by atoms with Crippen molar-refractivity contribution >= 4 is 23.2 Å². The molecule has 7 heteroatoms. The summed E-state index contributed by atoms with van der Waals surface area (Å²) in [5.74, 6) is -0.345. The first-order valence-corrected chi connectivity index (χ1v) is 7.30. The van der Waals surface area contributed by atoms with Crippen molar-refractivity contribution in [3.05, 3.63) is 33.9 Å². The lowest BCUT2D eigenvalue weighted by molar-refractivity contribution is -0.385. The number of benzene rings is 1. The Kier molecular flexibility index (Phi) is 5.08. The number of amides is 2. The van der Waals surface area contributed by atoms with Gasteiger partial charge in [0.15, 0.2) is 0 Å². The lowest BCUT2D eigenvalue weighted by Gasteiger charge is -2.20. The zero-order chi connectivity index (χ0) is 16.1. The van der Waals surface area contributed by atoms with Crippen LogP contribution in [0, 0.1) is 17.0 Å². The number of nitrogens with zero attached hydrogens (tertiary/aromatic N) is 2. The maximum Gasteiger partial charge on any atom is 0.274 e. The second-order valence-corrected chi connectivity index (χ2v) is 5.38. The van der Waals surface area contributed by atoms with E-state index in [4.69, 9.17) is 0 Å². The van der Waals surface area contributed by atoms with E-state index in [2.05, 4.69) is 5.32 Å². The molecule has 0 radical (unpaired) electrons. The lowest BCUT2D eigenvalue weighted by Crippen LogP contribution is -2.37. The molecule has 22 heavy (non-hydrogen) atoms. The Morgan fingerprint density at radius 1 is 1.36 bits per heavy atom. The first-order chi connectivity index (χ1) is 10.5. The van der Waals surface area contributed by atoms with Crippen LogP contribution in [0.2, 0.25) is 0 Å². The molecular formula is C15H19N3O4. The monoisotopic (exact) mass is 305 g/mol. The summed E-state index contributed by atoms with van der Waals surface area (Å²) in [5, 5.41) is 13.6. The number of hydrogen-bond donors (Lipinski definition) is 1. The van der Waals surface area contributed by atoms with Crippen LogP contribution < -0.4 is 5.32 Å². The van der Waals surface area contributed by atoms with Gasteiger partial charge in [-0.1, -0.05) is 12.5 Å². The van der Waals surface area contributed by atoms with Crippen molar-refractivity contribution in [1.82, 2.24) is 4.90 Å². The molecule has 1 fully saturated rings. The zero-order valence-electron chi connectivity index (χ0n) is 12.5. The van der Waals surface area contributed by atoms with Gasteiger partial charge in [0, 0.05) is 19.0 Å². The molecule has 7 nitrogen and oxygen atoms in total. The largest absolute Gasteiger partial charge is 0.333 e. The minimum Gasteiger partial charge on any atom is -0.333 e. The second-order valence-electron chi connectivity index (χ2n) is 5.38. The summed E-state index contributed by atoms with van der Waals surface area (Å²) in [6.07, 6.45) is 3.23. The van der Waals surface area contributed by atoms with Crippen LogP contribution in [0.5, 0.6) is 0 Å². The number of likely N-dealkylation sites (tertiary alicyclic amines) is 1. The molecule has 1 saturated heterocycles. The van der Waals surface area contributed by atoms with E-state index >= 15 is 0 Å². The van der Waals surface area contributed by atoms with Gasteiger partial charge < -0.3 is 10.2 Å². The molecule has 0 unspecified atom stereocenters. The molecule has 0 aromatic heterocycles. The molecule has 0 aliphatic carbocycles. The highest BCUT2D eigenvalue weighted by Gasteiger charge is 2.20. The van der Waals surface area contributed by atoms with Crippen molar-refractivity contribution in [2.24, 2.45) is 0 Å². The van der Waals surface area contributed by atoms with Crippen LogP contribution in [0.3, 0.4) is 0 Å². The number of nitro benzene ring substituents is 1. The zero-order valence-corrected chi connectivity index (χ0v) is 12.5. The maximum atomic E-state index is 12.1. The van der Waals surface area contributed by atoms with E-state index in [0.29, 0.717) is 24.2 Å². The number of hydrogen-bond acceptors (Lipinski definition) is 4. The van der Waals surface area contributed by atoms with E-state index < -0.39 is 4.92 Å². The van der Waals surface area contributed by atoms with Gasteiger partial charge in [0.1, 0.15) is 0 Å². The van der Waals surface area contributed by atoms with Crippen molar-refractivity contribution in [3.63, 3.8) is 0 Å². The number of carbonyl (C=O) groups excluding carboxylic acids is 2. The normalized spacial score (nSPS) is 15.3. The minimum atomic E-state index is -0.483. The van der Waals surface area contributed by atoms with Crippen LogP contribution in [0.15, 0.2) is 18.2 Å². The highest BCUT2D eigenvalue weighted by molar-refractivity contribution is 5.95. The first-order valence-electron chi connectivity index (χ1n) is 7.30. The van der Waals surface area contributed by atoms with Gasteiger partial charge in [-0.3, -0.25) is 19.7 Å². The summed E-state index contributed by atoms with van der Waals surface area (Å²) in [5.41, 5.74) is 0.771. The Balaban J connectivity index is 2.04. The summed E-state index contributed by atoms with van der Waals surface area (Å²) in [6, 6.07) is 4.53. The van der Waals surface area contributed by atoms with E-state index in [-0.39, 0.29) is 24.0 Å². The van der Waals surface area contributed by atoms with Gasteiger partial charge in [0.2, 0.25) is 11.8 Å². The number of rotatable bonds is 4. The molecule has 0 atom stereocenters.